The molecule has 0 aliphatic heterocycles. The molecule has 0 atom stereocenters. The van der Waals surface area contributed by atoms with Gasteiger partial charge in [-0.15, -0.1) is 10.2 Å². The summed E-state index contributed by atoms with van der Waals surface area (Å²) in [6.07, 6.45) is 0. The third-order valence-corrected chi connectivity index (χ3v) is 4.26. The molecule has 0 N–H and O–H groups in total. The number of halogens is 1. The Kier molecular flexibility index (Phi) is 4.00. The van der Waals surface area contributed by atoms with E-state index in [4.69, 9.17) is 11.6 Å². The summed E-state index contributed by atoms with van der Waals surface area (Å²) < 4.78 is 1.98. The second kappa shape index (κ2) is 5.96. The van der Waals surface area contributed by atoms with Crippen LogP contribution in [0.2, 0.25) is 5.02 Å². The molecule has 0 bridgehead atoms. The largest absolute Gasteiger partial charge is 0.351 e. The Bertz CT molecular complexity index is 880. The monoisotopic (exact) mass is 329 g/mol. The van der Waals surface area contributed by atoms with Crippen LogP contribution in [0, 0.1) is 13.8 Å². The van der Waals surface area contributed by atoms with Crippen LogP contribution in [0.1, 0.15) is 21.7 Å². The van der Waals surface area contributed by atoms with Gasteiger partial charge in [0, 0.05) is 29.6 Å². The second-order valence-corrected chi connectivity index (χ2v) is 5.80. The zero-order valence-corrected chi connectivity index (χ0v) is 13.9. The van der Waals surface area contributed by atoms with Crippen molar-refractivity contribution in [3.05, 3.63) is 52.3 Å². The molecule has 0 amide bonds. The second-order valence-electron chi connectivity index (χ2n) is 5.39. The Morgan fingerprint density at radius 3 is 2.65 bits per heavy atom. The van der Waals surface area contributed by atoms with Crippen molar-refractivity contribution in [3.8, 4) is 11.4 Å². The Labute approximate surface area is 138 Å². The fourth-order valence-corrected chi connectivity index (χ4v) is 2.63. The Hall–Kier alpha value is -2.47. The van der Waals surface area contributed by atoms with Crippen LogP contribution in [0.15, 0.2) is 30.3 Å². The van der Waals surface area contributed by atoms with E-state index in [9.17, 15) is 4.79 Å². The molecule has 2 aromatic heterocycles. The average Bonchev–Trinajstić information content (AvgIpc) is 3.08. The van der Waals surface area contributed by atoms with Crippen LogP contribution < -0.4 is 0 Å². The van der Waals surface area contributed by atoms with Gasteiger partial charge in [0.15, 0.2) is 5.78 Å². The SMILES string of the molecule is Cc1cc(C(=O)Cn2nnc(-c3ccccc3Cl)n2)c(C)n1C. The smallest absolute Gasteiger partial charge is 0.206 e. The van der Waals surface area contributed by atoms with Crippen LogP contribution in [0.5, 0.6) is 0 Å². The maximum atomic E-state index is 12.4. The van der Waals surface area contributed by atoms with Crippen LogP contribution in [-0.2, 0) is 13.6 Å². The van der Waals surface area contributed by atoms with E-state index in [-0.39, 0.29) is 12.3 Å². The number of tetrazole rings is 1. The van der Waals surface area contributed by atoms with Crippen LogP contribution in [0.3, 0.4) is 0 Å². The van der Waals surface area contributed by atoms with Gasteiger partial charge in [-0.05, 0) is 37.3 Å². The fourth-order valence-electron chi connectivity index (χ4n) is 2.41. The number of rotatable bonds is 4. The molecule has 6 nitrogen and oxygen atoms in total. The van der Waals surface area contributed by atoms with Gasteiger partial charge in [-0.25, -0.2) is 0 Å². The number of carbonyl (C=O) groups excluding carboxylic acids is 1. The Morgan fingerprint density at radius 2 is 2.00 bits per heavy atom. The van der Waals surface area contributed by atoms with Crippen molar-refractivity contribution in [2.24, 2.45) is 7.05 Å². The maximum absolute atomic E-state index is 12.4. The quantitative estimate of drug-likeness (QED) is 0.690. The lowest BCUT2D eigenvalue weighted by Crippen LogP contribution is -2.14. The molecule has 118 valence electrons. The van der Waals surface area contributed by atoms with Crippen molar-refractivity contribution in [3.63, 3.8) is 0 Å². The first-order valence-electron chi connectivity index (χ1n) is 7.16. The van der Waals surface area contributed by atoms with Crippen molar-refractivity contribution < 1.29 is 4.79 Å². The number of nitrogens with zero attached hydrogens (tertiary/aromatic N) is 5. The lowest BCUT2D eigenvalue weighted by Gasteiger charge is -2.01. The van der Waals surface area contributed by atoms with Gasteiger partial charge >= 0.3 is 0 Å². The molecule has 0 aliphatic carbocycles. The zero-order chi connectivity index (χ0) is 16.6. The summed E-state index contributed by atoms with van der Waals surface area (Å²) >= 11 is 6.12. The first kappa shape index (κ1) is 15.4. The summed E-state index contributed by atoms with van der Waals surface area (Å²) in [5, 5.41) is 12.7. The third kappa shape index (κ3) is 2.90. The minimum Gasteiger partial charge on any atom is -0.351 e. The molecule has 0 radical (unpaired) electrons. The number of hydrogen-bond donors (Lipinski definition) is 0. The lowest BCUT2D eigenvalue weighted by atomic mass is 10.1. The summed E-state index contributed by atoms with van der Waals surface area (Å²) in [5.41, 5.74) is 3.34. The predicted octanol–water partition coefficient (Wildman–Crippen LogP) is 2.83. The van der Waals surface area contributed by atoms with Gasteiger partial charge in [0.2, 0.25) is 5.82 Å². The van der Waals surface area contributed by atoms with Crippen molar-refractivity contribution in [1.82, 2.24) is 24.8 Å². The fraction of sp³-hybridized carbons (Fsp3) is 0.250. The number of ketones is 1. The van der Waals surface area contributed by atoms with Gasteiger partial charge in [0.1, 0.15) is 6.54 Å². The topological polar surface area (TPSA) is 65.6 Å². The minimum absolute atomic E-state index is 0.0434. The van der Waals surface area contributed by atoms with Crippen molar-refractivity contribution >= 4 is 17.4 Å². The zero-order valence-electron chi connectivity index (χ0n) is 13.1. The first-order chi connectivity index (χ1) is 11.0. The van der Waals surface area contributed by atoms with E-state index in [1.807, 2.05) is 49.7 Å². The van der Waals surface area contributed by atoms with E-state index in [0.29, 0.717) is 22.0 Å². The summed E-state index contributed by atoms with van der Waals surface area (Å²) in [7, 11) is 1.94. The number of hydrogen-bond acceptors (Lipinski definition) is 4. The van der Waals surface area contributed by atoms with Gasteiger partial charge in [0.05, 0.1) is 5.02 Å². The van der Waals surface area contributed by atoms with Crippen LogP contribution >= 0.6 is 11.6 Å². The van der Waals surface area contributed by atoms with E-state index >= 15 is 0 Å². The molecule has 0 saturated carbocycles. The lowest BCUT2D eigenvalue weighted by molar-refractivity contribution is 0.0960. The third-order valence-electron chi connectivity index (χ3n) is 3.93. The summed E-state index contributed by atoms with van der Waals surface area (Å²) in [5.74, 6) is 0.360. The highest BCUT2D eigenvalue weighted by atomic mass is 35.5. The number of aryl methyl sites for hydroxylation is 1. The minimum atomic E-state index is -0.0469. The molecule has 0 unspecified atom stereocenters. The highest BCUT2D eigenvalue weighted by Crippen LogP contribution is 2.23. The maximum Gasteiger partial charge on any atom is 0.206 e. The molecule has 0 saturated heterocycles. The molecule has 3 aromatic rings. The number of Topliss-reactive ketones (excluding diaryl/α,β-unsaturated/α-hetero) is 1. The van der Waals surface area contributed by atoms with Crippen molar-refractivity contribution in [2.75, 3.05) is 0 Å². The van der Waals surface area contributed by atoms with E-state index in [1.165, 1.54) is 4.80 Å². The molecule has 7 heteroatoms. The summed E-state index contributed by atoms with van der Waals surface area (Å²) in [4.78, 5) is 13.7. The molecular formula is C16H16ClN5O. The highest BCUT2D eigenvalue weighted by molar-refractivity contribution is 6.33. The number of carbonyl (C=O) groups is 1. The Balaban J connectivity index is 1.83. The van der Waals surface area contributed by atoms with Crippen LogP contribution in [0.4, 0.5) is 0 Å². The van der Waals surface area contributed by atoms with Crippen LogP contribution in [0.25, 0.3) is 11.4 Å². The Morgan fingerprint density at radius 1 is 1.26 bits per heavy atom. The normalized spacial score (nSPS) is 11.0. The molecule has 0 fully saturated rings. The highest BCUT2D eigenvalue weighted by Gasteiger charge is 2.16. The molecule has 2 heterocycles. The van der Waals surface area contributed by atoms with Crippen LogP contribution in [-0.4, -0.2) is 30.6 Å². The van der Waals surface area contributed by atoms with Gasteiger partial charge in [-0.1, -0.05) is 23.7 Å². The summed E-state index contributed by atoms with van der Waals surface area (Å²) in [6, 6.07) is 9.14. The first-order valence-corrected chi connectivity index (χ1v) is 7.54. The predicted molar refractivity (Wildman–Crippen MR) is 87.5 cm³/mol. The number of benzene rings is 1. The molecule has 23 heavy (non-hydrogen) atoms. The number of aromatic nitrogens is 5. The van der Waals surface area contributed by atoms with E-state index < -0.39 is 0 Å². The van der Waals surface area contributed by atoms with Gasteiger partial charge in [-0.2, -0.15) is 4.80 Å². The molecule has 3 rings (SSSR count). The standard InChI is InChI=1S/C16H16ClN5O/c1-10-8-13(11(2)21(10)3)15(23)9-22-19-16(18-20-22)12-6-4-5-7-14(12)17/h4-8H,9H2,1-3H3. The van der Waals surface area contributed by atoms with Gasteiger partial charge < -0.3 is 4.57 Å². The molecule has 0 spiro atoms. The molecular weight excluding hydrogens is 314 g/mol. The summed E-state index contributed by atoms with van der Waals surface area (Å²) in [6.45, 7) is 3.93. The van der Waals surface area contributed by atoms with E-state index in [0.717, 1.165) is 11.4 Å². The average molecular weight is 330 g/mol. The van der Waals surface area contributed by atoms with E-state index in [1.54, 1.807) is 6.07 Å². The molecule has 1 aromatic carbocycles. The van der Waals surface area contributed by atoms with E-state index in [2.05, 4.69) is 15.4 Å². The van der Waals surface area contributed by atoms with Crippen molar-refractivity contribution in [2.45, 2.75) is 20.4 Å². The van der Waals surface area contributed by atoms with Gasteiger partial charge in [0.25, 0.3) is 0 Å². The van der Waals surface area contributed by atoms with Gasteiger partial charge in [-0.3, -0.25) is 4.79 Å². The van der Waals surface area contributed by atoms with Crippen molar-refractivity contribution in [1.29, 1.82) is 0 Å². The molecule has 0 aliphatic rings.